The van der Waals surface area contributed by atoms with E-state index in [2.05, 4.69) is 4.98 Å². The van der Waals surface area contributed by atoms with Gasteiger partial charge in [-0.1, -0.05) is 12.1 Å². The third-order valence-corrected chi connectivity index (χ3v) is 6.25. The van der Waals surface area contributed by atoms with E-state index in [1.807, 2.05) is 10.8 Å². The van der Waals surface area contributed by atoms with Crippen molar-refractivity contribution in [1.29, 1.82) is 0 Å². The molecule has 0 spiro atoms. The summed E-state index contributed by atoms with van der Waals surface area (Å²) in [7, 11) is 3.01. The number of aryl methyl sites for hydroxylation is 1. The lowest BCUT2D eigenvalue weighted by Gasteiger charge is -2.26. The molecule has 186 valence electrons. The summed E-state index contributed by atoms with van der Waals surface area (Å²) in [6.07, 6.45) is 5.77. The summed E-state index contributed by atoms with van der Waals surface area (Å²) in [5.74, 6) is 0.0680. The molecule has 36 heavy (non-hydrogen) atoms. The SMILES string of the molecule is COc1cccc(C(O)=C2C(=O)C(=O)N(CCCn3ccnc3)[C@H]2c2cc(OC)c3c(c2)OCO3)c1. The first-order valence-electron chi connectivity index (χ1n) is 11.4. The summed E-state index contributed by atoms with van der Waals surface area (Å²) in [6, 6.07) is 9.25. The van der Waals surface area contributed by atoms with Crippen LogP contribution in [0.2, 0.25) is 0 Å². The Bertz CT molecular complexity index is 1330. The van der Waals surface area contributed by atoms with Crippen molar-refractivity contribution in [3.8, 4) is 23.0 Å². The minimum absolute atomic E-state index is 0.0168. The number of hydrogen-bond donors (Lipinski definition) is 1. The van der Waals surface area contributed by atoms with Crippen LogP contribution in [0.3, 0.4) is 0 Å². The minimum Gasteiger partial charge on any atom is -0.507 e. The van der Waals surface area contributed by atoms with Gasteiger partial charge < -0.3 is 33.5 Å². The van der Waals surface area contributed by atoms with Crippen LogP contribution in [0.5, 0.6) is 23.0 Å². The third kappa shape index (κ3) is 4.10. The number of Topliss-reactive ketones (excluding diaryl/α,β-unsaturated/α-hetero) is 1. The smallest absolute Gasteiger partial charge is 0.295 e. The molecule has 5 rings (SSSR count). The molecule has 2 aliphatic heterocycles. The van der Waals surface area contributed by atoms with Crippen molar-refractivity contribution in [2.75, 3.05) is 27.6 Å². The zero-order valence-electron chi connectivity index (χ0n) is 19.8. The number of carbonyl (C=O) groups is 2. The molecule has 0 bridgehead atoms. The molecule has 1 aromatic heterocycles. The van der Waals surface area contributed by atoms with Gasteiger partial charge in [0.25, 0.3) is 11.7 Å². The highest BCUT2D eigenvalue weighted by atomic mass is 16.7. The number of imidazole rings is 1. The highest BCUT2D eigenvalue weighted by Crippen LogP contribution is 2.47. The maximum atomic E-state index is 13.3. The maximum absolute atomic E-state index is 13.3. The fourth-order valence-electron chi connectivity index (χ4n) is 4.53. The number of likely N-dealkylation sites (tertiary alicyclic amines) is 1. The lowest BCUT2D eigenvalue weighted by Crippen LogP contribution is -2.31. The van der Waals surface area contributed by atoms with Crippen LogP contribution < -0.4 is 18.9 Å². The standard InChI is InChI=1S/C26H25N3O7/c1-33-18-6-3-5-16(11-18)23(30)21-22(17-12-19(34-2)25-20(13-17)35-15-36-25)29(26(32)24(21)31)9-4-8-28-10-7-27-14-28/h3,5-7,10-14,22,30H,4,8-9,15H2,1-2H3/t22-/m0/s1. The predicted octanol–water partition coefficient (Wildman–Crippen LogP) is 3.14. The molecule has 1 N–H and O–H groups in total. The third-order valence-electron chi connectivity index (χ3n) is 6.25. The van der Waals surface area contributed by atoms with E-state index in [1.165, 1.54) is 19.1 Å². The number of amides is 1. The first kappa shape index (κ1) is 23.3. The Hall–Kier alpha value is -4.47. The summed E-state index contributed by atoms with van der Waals surface area (Å²) in [6.45, 7) is 0.916. The number of aliphatic hydroxyl groups is 1. The molecule has 1 amide bonds. The van der Waals surface area contributed by atoms with Gasteiger partial charge in [0.05, 0.1) is 32.2 Å². The quantitative estimate of drug-likeness (QED) is 0.291. The molecule has 10 nitrogen and oxygen atoms in total. The van der Waals surface area contributed by atoms with Gasteiger partial charge in [0.2, 0.25) is 12.5 Å². The van der Waals surface area contributed by atoms with Crippen LogP contribution in [0, 0.1) is 0 Å². The van der Waals surface area contributed by atoms with Crippen molar-refractivity contribution in [3.05, 3.63) is 71.8 Å². The summed E-state index contributed by atoms with van der Waals surface area (Å²) < 4.78 is 23.7. The zero-order valence-corrected chi connectivity index (χ0v) is 19.8. The normalized spacial score (nSPS) is 18.1. The molecule has 1 atom stereocenters. The summed E-state index contributed by atoms with van der Waals surface area (Å²) in [4.78, 5) is 32.1. The van der Waals surface area contributed by atoms with E-state index < -0.39 is 17.7 Å². The fraction of sp³-hybridized carbons (Fsp3) is 0.269. The van der Waals surface area contributed by atoms with E-state index in [4.69, 9.17) is 18.9 Å². The Morgan fingerprint density at radius 3 is 2.75 bits per heavy atom. The molecule has 1 saturated heterocycles. The van der Waals surface area contributed by atoms with Gasteiger partial charge in [-0.05, 0) is 36.2 Å². The zero-order chi connectivity index (χ0) is 25.2. The molecule has 0 unspecified atom stereocenters. The van der Waals surface area contributed by atoms with Gasteiger partial charge in [-0.2, -0.15) is 0 Å². The lowest BCUT2D eigenvalue weighted by molar-refractivity contribution is -0.139. The molecule has 2 aromatic carbocycles. The molecular weight excluding hydrogens is 466 g/mol. The molecule has 0 radical (unpaired) electrons. The number of fused-ring (bicyclic) bond motifs is 1. The molecule has 10 heteroatoms. The summed E-state index contributed by atoms with van der Waals surface area (Å²) in [5, 5.41) is 11.3. The second-order valence-corrected chi connectivity index (χ2v) is 8.34. The van der Waals surface area contributed by atoms with E-state index in [9.17, 15) is 14.7 Å². The number of aliphatic hydroxyl groups excluding tert-OH is 1. The fourth-order valence-corrected chi connectivity index (χ4v) is 4.53. The molecule has 0 saturated carbocycles. The van der Waals surface area contributed by atoms with Gasteiger partial charge in [-0.3, -0.25) is 9.59 Å². The van der Waals surface area contributed by atoms with Crippen molar-refractivity contribution in [1.82, 2.24) is 14.5 Å². The summed E-state index contributed by atoms with van der Waals surface area (Å²) in [5.41, 5.74) is 0.905. The van der Waals surface area contributed by atoms with Crippen molar-refractivity contribution in [2.45, 2.75) is 19.0 Å². The lowest BCUT2D eigenvalue weighted by atomic mass is 9.94. The topological polar surface area (TPSA) is 112 Å². The van der Waals surface area contributed by atoms with Crippen LogP contribution in [0.15, 0.2) is 60.7 Å². The highest BCUT2D eigenvalue weighted by molar-refractivity contribution is 6.46. The van der Waals surface area contributed by atoms with Gasteiger partial charge in [0.1, 0.15) is 11.5 Å². The summed E-state index contributed by atoms with van der Waals surface area (Å²) >= 11 is 0. The minimum atomic E-state index is -0.859. The van der Waals surface area contributed by atoms with Crippen molar-refractivity contribution >= 4 is 17.4 Å². The maximum Gasteiger partial charge on any atom is 0.295 e. The molecule has 2 aliphatic rings. The highest BCUT2D eigenvalue weighted by Gasteiger charge is 2.46. The average Bonchev–Trinajstić information content (AvgIpc) is 3.65. The van der Waals surface area contributed by atoms with Crippen LogP contribution in [0.4, 0.5) is 0 Å². The van der Waals surface area contributed by atoms with Crippen LogP contribution >= 0.6 is 0 Å². The van der Waals surface area contributed by atoms with E-state index in [1.54, 1.807) is 48.9 Å². The first-order chi connectivity index (χ1) is 17.5. The van der Waals surface area contributed by atoms with Gasteiger partial charge >= 0.3 is 0 Å². The molecule has 1 fully saturated rings. The molecule has 3 aromatic rings. The van der Waals surface area contributed by atoms with Gasteiger partial charge in [-0.15, -0.1) is 0 Å². The molecule has 0 aliphatic carbocycles. The Labute approximate surface area is 207 Å². The number of carbonyl (C=O) groups excluding carboxylic acids is 2. The van der Waals surface area contributed by atoms with Crippen molar-refractivity contribution < 1.29 is 33.6 Å². The number of rotatable bonds is 8. The van der Waals surface area contributed by atoms with Crippen LogP contribution in [0.25, 0.3) is 5.76 Å². The largest absolute Gasteiger partial charge is 0.507 e. The second-order valence-electron chi connectivity index (χ2n) is 8.34. The Morgan fingerprint density at radius 2 is 2.00 bits per heavy atom. The van der Waals surface area contributed by atoms with Crippen LogP contribution in [-0.4, -0.2) is 58.8 Å². The number of benzene rings is 2. The van der Waals surface area contributed by atoms with Gasteiger partial charge in [0.15, 0.2) is 11.5 Å². The number of ether oxygens (including phenoxy) is 4. The Morgan fingerprint density at radius 1 is 1.14 bits per heavy atom. The molecular formula is C26H25N3O7. The van der Waals surface area contributed by atoms with Crippen molar-refractivity contribution in [2.24, 2.45) is 0 Å². The number of nitrogens with zero attached hydrogens (tertiary/aromatic N) is 3. The number of methoxy groups -OCH3 is 2. The number of hydrogen-bond acceptors (Lipinski definition) is 8. The van der Waals surface area contributed by atoms with E-state index in [-0.39, 0.29) is 24.7 Å². The number of aromatic nitrogens is 2. The molecule has 3 heterocycles. The Kier molecular flexibility index (Phi) is 6.24. The average molecular weight is 492 g/mol. The van der Waals surface area contributed by atoms with E-state index >= 15 is 0 Å². The van der Waals surface area contributed by atoms with Crippen LogP contribution in [-0.2, 0) is 16.1 Å². The monoisotopic (exact) mass is 491 g/mol. The van der Waals surface area contributed by atoms with E-state index in [0.717, 1.165) is 0 Å². The Balaban J connectivity index is 1.60. The number of ketones is 1. The van der Waals surface area contributed by atoms with Crippen molar-refractivity contribution in [3.63, 3.8) is 0 Å². The van der Waals surface area contributed by atoms with Gasteiger partial charge in [0, 0.05) is 31.0 Å². The van der Waals surface area contributed by atoms with E-state index in [0.29, 0.717) is 47.1 Å². The predicted molar refractivity (Wildman–Crippen MR) is 128 cm³/mol. The first-order valence-corrected chi connectivity index (χ1v) is 11.4. The van der Waals surface area contributed by atoms with Gasteiger partial charge in [-0.25, -0.2) is 4.98 Å². The van der Waals surface area contributed by atoms with Crippen LogP contribution in [0.1, 0.15) is 23.6 Å². The second kappa shape index (κ2) is 9.65.